The quantitative estimate of drug-likeness (QED) is 0.708. The number of benzene rings is 2. The van der Waals surface area contributed by atoms with Crippen LogP contribution in [0.25, 0.3) is 11.0 Å². The standard InChI is InChI=1S/C23H25NO3/c1-26-20-7-8-21-19(14-23(25)27-22(21)15-20)16-24-11-9-18(10-12-24)13-17-5-3-2-4-6-17/h2-8,14-15,18H,9-13,16H2,1H3/p+1. The van der Waals surface area contributed by atoms with Gasteiger partial charge in [-0.05, 0) is 42.9 Å². The topological polar surface area (TPSA) is 43.9 Å². The van der Waals surface area contributed by atoms with Crippen molar-refractivity contribution in [1.82, 2.24) is 0 Å². The van der Waals surface area contributed by atoms with Crippen LogP contribution in [0.2, 0.25) is 0 Å². The van der Waals surface area contributed by atoms with E-state index in [1.54, 1.807) is 24.1 Å². The summed E-state index contributed by atoms with van der Waals surface area (Å²) in [5.74, 6) is 1.47. The fourth-order valence-corrected chi connectivity index (χ4v) is 4.17. The van der Waals surface area contributed by atoms with E-state index >= 15 is 0 Å². The van der Waals surface area contributed by atoms with Crippen LogP contribution in [0, 0.1) is 5.92 Å². The molecule has 1 aliphatic heterocycles. The van der Waals surface area contributed by atoms with Gasteiger partial charge in [0.15, 0.2) is 0 Å². The lowest BCUT2D eigenvalue weighted by atomic mass is 9.90. The molecular formula is C23H26NO3+. The van der Waals surface area contributed by atoms with E-state index in [2.05, 4.69) is 30.3 Å². The van der Waals surface area contributed by atoms with Crippen molar-refractivity contribution in [3.63, 3.8) is 0 Å². The van der Waals surface area contributed by atoms with Crippen LogP contribution in [0.3, 0.4) is 0 Å². The molecule has 0 radical (unpaired) electrons. The molecule has 4 heteroatoms. The third kappa shape index (κ3) is 4.22. The van der Waals surface area contributed by atoms with Gasteiger partial charge >= 0.3 is 5.63 Å². The molecule has 1 saturated heterocycles. The average molecular weight is 364 g/mol. The van der Waals surface area contributed by atoms with E-state index < -0.39 is 0 Å². The summed E-state index contributed by atoms with van der Waals surface area (Å²) < 4.78 is 10.6. The fraction of sp³-hybridized carbons (Fsp3) is 0.348. The SMILES string of the molecule is COc1ccc2c(C[NH+]3CCC(Cc4ccccc4)CC3)cc(=O)oc2c1. The van der Waals surface area contributed by atoms with Crippen LogP contribution in [0.5, 0.6) is 5.75 Å². The zero-order valence-corrected chi connectivity index (χ0v) is 15.7. The van der Waals surface area contributed by atoms with E-state index in [0.29, 0.717) is 11.3 Å². The third-order valence-electron chi connectivity index (χ3n) is 5.66. The molecule has 2 aromatic carbocycles. The van der Waals surface area contributed by atoms with Crippen LogP contribution in [0.4, 0.5) is 0 Å². The van der Waals surface area contributed by atoms with Crippen molar-refractivity contribution < 1.29 is 14.1 Å². The van der Waals surface area contributed by atoms with Gasteiger partial charge in [0.1, 0.15) is 17.9 Å². The zero-order valence-electron chi connectivity index (χ0n) is 15.7. The number of nitrogens with one attached hydrogen (secondary N) is 1. The Morgan fingerprint density at radius 1 is 1.07 bits per heavy atom. The number of rotatable bonds is 5. The summed E-state index contributed by atoms with van der Waals surface area (Å²) in [6.07, 6.45) is 3.64. The molecule has 4 rings (SSSR count). The maximum Gasteiger partial charge on any atom is 0.336 e. The van der Waals surface area contributed by atoms with E-state index in [0.717, 1.165) is 36.5 Å². The lowest BCUT2D eigenvalue weighted by molar-refractivity contribution is -0.919. The van der Waals surface area contributed by atoms with Crippen LogP contribution < -0.4 is 15.3 Å². The highest BCUT2D eigenvalue weighted by Gasteiger charge is 2.23. The van der Waals surface area contributed by atoms with E-state index in [1.807, 2.05) is 12.1 Å². The summed E-state index contributed by atoms with van der Waals surface area (Å²) in [6, 6.07) is 18.1. The number of hydrogen-bond donors (Lipinski definition) is 1. The third-order valence-corrected chi connectivity index (χ3v) is 5.66. The van der Waals surface area contributed by atoms with E-state index in [4.69, 9.17) is 9.15 Å². The second-order valence-electron chi connectivity index (χ2n) is 7.51. The summed E-state index contributed by atoms with van der Waals surface area (Å²) in [5.41, 5.74) is 2.83. The fourth-order valence-electron chi connectivity index (χ4n) is 4.17. The highest BCUT2D eigenvalue weighted by atomic mass is 16.5. The zero-order chi connectivity index (χ0) is 18.6. The molecule has 0 spiro atoms. The maximum atomic E-state index is 12.0. The van der Waals surface area contributed by atoms with Crippen molar-refractivity contribution in [3.05, 3.63) is 76.1 Å². The van der Waals surface area contributed by atoms with E-state index in [9.17, 15) is 4.79 Å². The van der Waals surface area contributed by atoms with Crippen LogP contribution in [-0.4, -0.2) is 20.2 Å². The lowest BCUT2D eigenvalue weighted by Crippen LogP contribution is -3.11. The van der Waals surface area contributed by atoms with Gasteiger partial charge in [-0.25, -0.2) is 4.79 Å². The predicted molar refractivity (Wildman–Crippen MR) is 106 cm³/mol. The average Bonchev–Trinajstić information content (AvgIpc) is 2.69. The minimum atomic E-state index is -0.288. The van der Waals surface area contributed by atoms with Gasteiger partial charge in [-0.1, -0.05) is 30.3 Å². The second kappa shape index (κ2) is 7.97. The molecule has 140 valence electrons. The highest BCUT2D eigenvalue weighted by Crippen LogP contribution is 2.22. The van der Waals surface area contributed by atoms with Gasteiger partial charge in [0.05, 0.1) is 20.2 Å². The van der Waals surface area contributed by atoms with E-state index in [-0.39, 0.29) is 5.63 Å². The first-order valence-electron chi connectivity index (χ1n) is 9.69. The molecule has 1 fully saturated rings. The molecule has 4 nitrogen and oxygen atoms in total. The first-order valence-corrected chi connectivity index (χ1v) is 9.69. The summed E-state index contributed by atoms with van der Waals surface area (Å²) in [4.78, 5) is 13.5. The molecule has 1 N–H and O–H groups in total. The lowest BCUT2D eigenvalue weighted by Gasteiger charge is -2.29. The number of likely N-dealkylation sites (tertiary alicyclic amines) is 1. The van der Waals surface area contributed by atoms with Crippen molar-refractivity contribution in [1.29, 1.82) is 0 Å². The van der Waals surface area contributed by atoms with Crippen molar-refractivity contribution >= 4 is 11.0 Å². The van der Waals surface area contributed by atoms with Crippen molar-refractivity contribution in [2.75, 3.05) is 20.2 Å². The first kappa shape index (κ1) is 17.8. The number of quaternary nitrogens is 1. The maximum absolute atomic E-state index is 12.0. The molecule has 0 aliphatic carbocycles. The Labute approximate surface area is 159 Å². The van der Waals surface area contributed by atoms with Crippen molar-refractivity contribution in [3.8, 4) is 5.75 Å². The predicted octanol–water partition coefficient (Wildman–Crippen LogP) is 2.84. The number of fused-ring (bicyclic) bond motifs is 1. The number of methoxy groups -OCH3 is 1. The molecule has 1 aliphatic rings. The van der Waals surface area contributed by atoms with Crippen molar-refractivity contribution in [2.24, 2.45) is 5.92 Å². The highest BCUT2D eigenvalue weighted by molar-refractivity contribution is 5.81. The van der Waals surface area contributed by atoms with Crippen molar-refractivity contribution in [2.45, 2.75) is 25.8 Å². The summed E-state index contributed by atoms with van der Waals surface area (Å²) >= 11 is 0. The molecule has 0 atom stereocenters. The van der Waals surface area contributed by atoms with Gasteiger partial charge in [-0.3, -0.25) is 0 Å². The Balaban J connectivity index is 1.44. The smallest absolute Gasteiger partial charge is 0.336 e. The monoisotopic (exact) mass is 364 g/mol. The Hall–Kier alpha value is -2.59. The van der Waals surface area contributed by atoms with Gasteiger partial charge in [-0.15, -0.1) is 0 Å². The molecule has 2 heterocycles. The van der Waals surface area contributed by atoms with E-state index in [1.165, 1.54) is 24.8 Å². The number of ether oxygens (including phenoxy) is 1. The minimum Gasteiger partial charge on any atom is -0.497 e. The second-order valence-corrected chi connectivity index (χ2v) is 7.51. The van der Waals surface area contributed by atoms with Crippen LogP contribution in [0.15, 0.2) is 63.8 Å². The van der Waals surface area contributed by atoms with Gasteiger partial charge in [0.2, 0.25) is 0 Å². The van der Waals surface area contributed by atoms with Gasteiger partial charge in [-0.2, -0.15) is 0 Å². The normalized spacial score (nSPS) is 19.9. The Morgan fingerprint density at radius 3 is 2.59 bits per heavy atom. The van der Waals surface area contributed by atoms with Gasteiger partial charge in [0, 0.05) is 23.1 Å². The molecular weight excluding hydrogens is 338 g/mol. The molecule has 1 aromatic heterocycles. The molecule has 0 amide bonds. The summed E-state index contributed by atoms with van der Waals surface area (Å²) in [5, 5.41) is 1.01. The van der Waals surface area contributed by atoms with Crippen LogP contribution >= 0.6 is 0 Å². The molecule has 0 saturated carbocycles. The Kier molecular flexibility index (Phi) is 5.26. The number of piperidine rings is 1. The Bertz CT molecular complexity index is 956. The molecule has 27 heavy (non-hydrogen) atoms. The molecule has 3 aromatic rings. The largest absolute Gasteiger partial charge is 0.497 e. The van der Waals surface area contributed by atoms with Crippen LogP contribution in [-0.2, 0) is 13.0 Å². The molecule has 0 bridgehead atoms. The summed E-state index contributed by atoms with van der Waals surface area (Å²) in [6.45, 7) is 3.16. The number of hydrogen-bond acceptors (Lipinski definition) is 3. The molecule has 0 unspecified atom stereocenters. The van der Waals surface area contributed by atoms with Gasteiger partial charge in [0.25, 0.3) is 0 Å². The van der Waals surface area contributed by atoms with Crippen LogP contribution in [0.1, 0.15) is 24.0 Å². The summed E-state index contributed by atoms with van der Waals surface area (Å²) in [7, 11) is 1.62. The first-order chi connectivity index (χ1) is 13.2. The minimum absolute atomic E-state index is 0.288. The Morgan fingerprint density at radius 2 is 1.85 bits per heavy atom. The van der Waals surface area contributed by atoms with Gasteiger partial charge < -0.3 is 14.1 Å².